The summed E-state index contributed by atoms with van der Waals surface area (Å²) in [7, 11) is 0. The van der Waals surface area contributed by atoms with Gasteiger partial charge in [-0.2, -0.15) is 5.26 Å². The Bertz CT molecular complexity index is 2950. The average molecular weight is 800 g/mol. The van der Waals surface area contributed by atoms with Crippen molar-refractivity contribution in [3.63, 3.8) is 0 Å². The van der Waals surface area contributed by atoms with Gasteiger partial charge in [0.2, 0.25) is 0 Å². The molecule has 0 aliphatic heterocycles. The van der Waals surface area contributed by atoms with Gasteiger partial charge in [0.25, 0.3) is 0 Å². The van der Waals surface area contributed by atoms with Crippen molar-refractivity contribution >= 4 is 69.2 Å². The van der Waals surface area contributed by atoms with E-state index in [1.54, 1.807) is 0 Å². The number of para-hydroxylation sites is 2. The highest BCUT2D eigenvalue weighted by atomic mass is 15.1. The fraction of sp³-hybridized carbons (Fsp3) is 0.136. The molecule has 62 heavy (non-hydrogen) atoms. The van der Waals surface area contributed by atoms with E-state index in [1.165, 1.54) is 65.0 Å². The molecule has 0 saturated heterocycles. The van der Waals surface area contributed by atoms with Gasteiger partial charge in [-0.05, 0) is 168 Å². The minimum absolute atomic E-state index is 0.688. The summed E-state index contributed by atoms with van der Waals surface area (Å²) < 4.78 is 0. The summed E-state index contributed by atoms with van der Waals surface area (Å²) in [5.41, 5.74) is 18.0. The van der Waals surface area contributed by atoms with Crippen molar-refractivity contribution in [3.8, 4) is 6.07 Å². The van der Waals surface area contributed by atoms with Crippen molar-refractivity contribution in [1.29, 1.82) is 5.26 Å². The van der Waals surface area contributed by atoms with E-state index in [0.29, 0.717) is 5.56 Å². The van der Waals surface area contributed by atoms with Crippen LogP contribution in [-0.4, -0.2) is 0 Å². The fourth-order valence-electron chi connectivity index (χ4n) is 9.53. The third kappa shape index (κ3) is 7.96. The van der Waals surface area contributed by atoms with E-state index >= 15 is 0 Å². The molecule has 0 fully saturated rings. The minimum atomic E-state index is 0.688. The number of hydrogen-bond donors (Lipinski definition) is 0. The third-order valence-electron chi connectivity index (χ3n) is 12.7. The summed E-state index contributed by atoms with van der Waals surface area (Å²) in [5.74, 6) is 0. The fourth-order valence-corrected chi connectivity index (χ4v) is 9.53. The summed E-state index contributed by atoms with van der Waals surface area (Å²) in [5, 5.41) is 12.4. The van der Waals surface area contributed by atoms with Crippen molar-refractivity contribution < 1.29 is 0 Å². The van der Waals surface area contributed by atoms with E-state index in [-0.39, 0.29) is 0 Å². The van der Waals surface area contributed by atoms with Gasteiger partial charge in [0, 0.05) is 39.5 Å². The molecule has 3 heteroatoms. The molecule has 10 rings (SSSR count). The number of benzene rings is 8. The SMILES string of the molecule is N#Cc1c(C=Cc2ccc(N(c3ccccc3)c3cccc4c3CCCC4)cc2)ccc2cc(C=Cc3ccc(N(c4ccccc4)c4cccc5c4CCCC5)cc3)ccc12. The zero-order chi connectivity index (χ0) is 41.7. The molecule has 0 amide bonds. The first kappa shape index (κ1) is 38.8. The van der Waals surface area contributed by atoms with Crippen LogP contribution < -0.4 is 9.80 Å². The molecular weight excluding hydrogens is 751 g/mol. The number of fused-ring (bicyclic) bond motifs is 3. The highest BCUT2D eigenvalue weighted by Crippen LogP contribution is 2.42. The maximum Gasteiger partial charge on any atom is 0.100 e. The summed E-state index contributed by atoms with van der Waals surface area (Å²) in [4.78, 5) is 4.80. The van der Waals surface area contributed by atoms with Gasteiger partial charge in [0.15, 0.2) is 0 Å². The van der Waals surface area contributed by atoms with E-state index in [2.05, 4.69) is 216 Å². The number of aryl methyl sites for hydroxylation is 2. The Morgan fingerprint density at radius 2 is 0.871 bits per heavy atom. The molecule has 300 valence electrons. The Labute approximate surface area is 366 Å². The number of anilines is 6. The molecule has 0 radical (unpaired) electrons. The van der Waals surface area contributed by atoms with Crippen LogP contribution in [0.3, 0.4) is 0 Å². The van der Waals surface area contributed by atoms with Crippen molar-refractivity contribution in [2.75, 3.05) is 9.80 Å². The number of nitriles is 1. The maximum absolute atomic E-state index is 10.4. The van der Waals surface area contributed by atoms with Gasteiger partial charge in [0.05, 0.1) is 5.56 Å². The second-order valence-corrected chi connectivity index (χ2v) is 16.6. The molecule has 2 aliphatic rings. The van der Waals surface area contributed by atoms with Crippen LogP contribution in [0.25, 0.3) is 35.1 Å². The van der Waals surface area contributed by atoms with Gasteiger partial charge < -0.3 is 9.80 Å². The summed E-state index contributed by atoms with van der Waals surface area (Å²) in [6.45, 7) is 0. The van der Waals surface area contributed by atoms with Gasteiger partial charge in [-0.25, -0.2) is 0 Å². The Morgan fingerprint density at radius 3 is 1.40 bits per heavy atom. The van der Waals surface area contributed by atoms with Gasteiger partial charge >= 0.3 is 0 Å². The number of hydrogen-bond acceptors (Lipinski definition) is 3. The topological polar surface area (TPSA) is 30.3 Å². The second kappa shape index (κ2) is 17.7. The number of nitrogens with zero attached hydrogens (tertiary/aromatic N) is 3. The largest absolute Gasteiger partial charge is 0.310 e. The van der Waals surface area contributed by atoms with Gasteiger partial charge in [0.1, 0.15) is 6.07 Å². The molecule has 3 nitrogen and oxygen atoms in total. The molecular formula is C59H49N3. The Hall–Kier alpha value is -7.41. The smallest absolute Gasteiger partial charge is 0.100 e. The lowest BCUT2D eigenvalue weighted by atomic mass is 9.90. The Morgan fingerprint density at radius 1 is 0.403 bits per heavy atom. The number of rotatable bonds is 10. The minimum Gasteiger partial charge on any atom is -0.310 e. The van der Waals surface area contributed by atoms with Crippen LogP contribution >= 0.6 is 0 Å². The first-order chi connectivity index (χ1) is 30.7. The van der Waals surface area contributed by atoms with E-state index in [4.69, 9.17) is 0 Å². The van der Waals surface area contributed by atoms with Gasteiger partial charge in [-0.1, -0.05) is 133 Å². The van der Waals surface area contributed by atoms with E-state index in [1.807, 2.05) is 0 Å². The molecule has 0 spiro atoms. The highest BCUT2D eigenvalue weighted by Gasteiger charge is 2.21. The van der Waals surface area contributed by atoms with Crippen LogP contribution in [0.4, 0.5) is 34.1 Å². The summed E-state index contributed by atoms with van der Waals surface area (Å²) in [6, 6.07) is 65.6. The van der Waals surface area contributed by atoms with Crippen LogP contribution in [0.15, 0.2) is 176 Å². The molecule has 0 heterocycles. The average Bonchev–Trinajstić information content (AvgIpc) is 3.34. The van der Waals surface area contributed by atoms with Crippen LogP contribution in [-0.2, 0) is 25.7 Å². The van der Waals surface area contributed by atoms with Crippen LogP contribution in [0.1, 0.15) is 75.8 Å². The van der Waals surface area contributed by atoms with Crippen molar-refractivity contribution in [2.24, 2.45) is 0 Å². The molecule has 2 aliphatic carbocycles. The van der Waals surface area contributed by atoms with Crippen LogP contribution in [0.2, 0.25) is 0 Å². The van der Waals surface area contributed by atoms with Crippen molar-refractivity contribution in [1.82, 2.24) is 0 Å². The Balaban J connectivity index is 0.871. The van der Waals surface area contributed by atoms with E-state index in [9.17, 15) is 5.26 Å². The molecule has 0 unspecified atom stereocenters. The monoisotopic (exact) mass is 799 g/mol. The van der Waals surface area contributed by atoms with Gasteiger partial charge in [-0.15, -0.1) is 0 Å². The Kier molecular flexibility index (Phi) is 11.0. The predicted octanol–water partition coefficient (Wildman–Crippen LogP) is 15.7. The molecule has 0 bridgehead atoms. The molecule has 0 saturated carbocycles. The zero-order valence-electron chi connectivity index (χ0n) is 35.1. The quantitative estimate of drug-likeness (QED) is 0.129. The maximum atomic E-state index is 10.4. The third-order valence-corrected chi connectivity index (χ3v) is 12.7. The summed E-state index contributed by atoms with van der Waals surface area (Å²) in [6.07, 6.45) is 18.0. The lowest BCUT2D eigenvalue weighted by molar-refractivity contribution is 0.686. The predicted molar refractivity (Wildman–Crippen MR) is 262 cm³/mol. The second-order valence-electron chi connectivity index (χ2n) is 16.6. The zero-order valence-corrected chi connectivity index (χ0v) is 35.1. The molecule has 0 atom stereocenters. The van der Waals surface area contributed by atoms with Crippen molar-refractivity contribution in [3.05, 3.63) is 226 Å². The van der Waals surface area contributed by atoms with E-state index in [0.717, 1.165) is 75.8 Å². The lowest BCUT2D eigenvalue weighted by Crippen LogP contribution is -2.15. The lowest BCUT2D eigenvalue weighted by Gasteiger charge is -2.30. The molecule has 8 aromatic carbocycles. The van der Waals surface area contributed by atoms with E-state index < -0.39 is 0 Å². The highest BCUT2D eigenvalue weighted by molar-refractivity contribution is 5.94. The molecule has 0 N–H and O–H groups in total. The van der Waals surface area contributed by atoms with Gasteiger partial charge in [-0.3, -0.25) is 0 Å². The summed E-state index contributed by atoms with van der Waals surface area (Å²) >= 11 is 0. The normalized spacial score (nSPS) is 13.5. The molecule has 0 aromatic heterocycles. The van der Waals surface area contributed by atoms with Crippen LogP contribution in [0.5, 0.6) is 0 Å². The van der Waals surface area contributed by atoms with Crippen LogP contribution in [0, 0.1) is 11.3 Å². The standard InChI is InChI=1S/C59H49N3/c60-42-57-48(33-27-44-30-38-53(39-31-44)62(51-19-5-2-6-20-51)59-24-12-16-47-14-8-10-22-56(47)59)34-35-49-41-45(32-40-54(49)57)26-25-43-28-36-52(37-29-43)61(50-17-3-1-4-18-50)58-23-11-15-46-13-7-9-21-55(46)58/h1-6,11-12,15-20,23-41H,7-10,13-14,21-22H2. The first-order valence-corrected chi connectivity index (χ1v) is 22.2. The molecule has 8 aromatic rings. The first-order valence-electron chi connectivity index (χ1n) is 22.2. The van der Waals surface area contributed by atoms with Crippen molar-refractivity contribution in [2.45, 2.75) is 51.4 Å².